The maximum Gasteiger partial charge on any atom is 0.253 e. The first-order chi connectivity index (χ1) is 8.81. The molecule has 0 radical (unpaired) electrons. The minimum absolute atomic E-state index is 0. The summed E-state index contributed by atoms with van der Waals surface area (Å²) in [7, 11) is 1.72. The van der Waals surface area contributed by atoms with Crippen LogP contribution in [0.5, 0.6) is 0 Å². The molecule has 0 bridgehead atoms. The molecule has 1 aromatic rings. The predicted octanol–water partition coefficient (Wildman–Crippen LogP) is 3.00. The van der Waals surface area contributed by atoms with E-state index in [1.165, 1.54) is 12.1 Å². The fraction of sp³-hybridized carbons (Fsp3) is 0.533. The van der Waals surface area contributed by atoms with Crippen molar-refractivity contribution in [3.8, 4) is 0 Å². The highest BCUT2D eigenvalue weighted by molar-refractivity contribution is 5.94. The molecule has 0 fully saturated rings. The minimum Gasteiger partial charge on any atom is -0.342 e. The summed E-state index contributed by atoms with van der Waals surface area (Å²) < 4.78 is 13.3. The molecular weight excluding hydrogens is 279 g/mol. The van der Waals surface area contributed by atoms with E-state index >= 15 is 0 Å². The molecule has 2 N–H and O–H groups in total. The van der Waals surface area contributed by atoms with Gasteiger partial charge in [0.15, 0.2) is 0 Å². The average Bonchev–Trinajstić information content (AvgIpc) is 2.33. The number of aryl methyl sites for hydroxylation is 1. The molecule has 3 nitrogen and oxygen atoms in total. The summed E-state index contributed by atoms with van der Waals surface area (Å²) in [5.41, 5.74) is 7.09. The van der Waals surface area contributed by atoms with Gasteiger partial charge in [-0.25, -0.2) is 4.39 Å². The van der Waals surface area contributed by atoms with Gasteiger partial charge in [-0.1, -0.05) is 13.8 Å². The number of rotatable bonds is 5. The summed E-state index contributed by atoms with van der Waals surface area (Å²) in [6, 6.07) is 4.45. The molecule has 0 spiro atoms. The Kier molecular flexibility index (Phi) is 7.76. The molecule has 1 unspecified atom stereocenters. The predicted molar refractivity (Wildman–Crippen MR) is 82.8 cm³/mol. The first kappa shape index (κ1) is 18.9. The van der Waals surface area contributed by atoms with Crippen LogP contribution in [0, 0.1) is 18.7 Å². The molecule has 0 saturated heterocycles. The topological polar surface area (TPSA) is 46.3 Å². The van der Waals surface area contributed by atoms with E-state index in [1.807, 2.05) is 0 Å². The number of amides is 1. The van der Waals surface area contributed by atoms with Crippen LogP contribution in [0.2, 0.25) is 0 Å². The van der Waals surface area contributed by atoms with Crippen LogP contribution in [0.3, 0.4) is 0 Å². The van der Waals surface area contributed by atoms with Gasteiger partial charge in [-0.05, 0) is 43.0 Å². The molecule has 0 aliphatic heterocycles. The number of nitrogens with two attached hydrogens (primary N) is 1. The summed E-state index contributed by atoms with van der Waals surface area (Å²) >= 11 is 0. The molecule has 0 heterocycles. The maximum atomic E-state index is 13.3. The van der Waals surface area contributed by atoms with Crippen molar-refractivity contribution in [3.05, 3.63) is 35.1 Å². The third-order valence-corrected chi connectivity index (χ3v) is 3.29. The van der Waals surface area contributed by atoms with Gasteiger partial charge in [-0.2, -0.15) is 0 Å². The van der Waals surface area contributed by atoms with Crippen LogP contribution in [0.15, 0.2) is 18.2 Å². The molecule has 114 valence electrons. The number of carbonyl (C=O) groups is 1. The van der Waals surface area contributed by atoms with Gasteiger partial charge in [-0.3, -0.25) is 4.79 Å². The third kappa shape index (κ3) is 5.47. The number of halogens is 2. The second-order valence-electron chi connectivity index (χ2n) is 5.44. The zero-order valence-electron chi connectivity index (χ0n) is 12.5. The van der Waals surface area contributed by atoms with Crippen molar-refractivity contribution in [1.82, 2.24) is 4.90 Å². The second-order valence-corrected chi connectivity index (χ2v) is 5.44. The van der Waals surface area contributed by atoms with Gasteiger partial charge in [0.2, 0.25) is 0 Å². The molecule has 1 aromatic carbocycles. The highest BCUT2D eigenvalue weighted by atomic mass is 35.5. The van der Waals surface area contributed by atoms with Gasteiger partial charge >= 0.3 is 0 Å². The molecule has 1 amide bonds. The lowest BCUT2D eigenvalue weighted by molar-refractivity contribution is 0.0788. The second kappa shape index (κ2) is 8.22. The number of carbonyl (C=O) groups excluding carboxylic acids is 1. The van der Waals surface area contributed by atoms with E-state index in [9.17, 15) is 9.18 Å². The number of hydrogen-bond donors (Lipinski definition) is 1. The van der Waals surface area contributed by atoms with E-state index in [4.69, 9.17) is 5.73 Å². The number of benzene rings is 1. The highest BCUT2D eigenvalue weighted by Gasteiger charge is 2.15. The van der Waals surface area contributed by atoms with Crippen LogP contribution in [0.4, 0.5) is 4.39 Å². The van der Waals surface area contributed by atoms with Crippen molar-refractivity contribution >= 4 is 18.3 Å². The van der Waals surface area contributed by atoms with Gasteiger partial charge < -0.3 is 10.6 Å². The molecule has 1 rings (SSSR count). The normalized spacial score (nSPS) is 11.9. The fourth-order valence-corrected chi connectivity index (χ4v) is 1.86. The molecule has 5 heteroatoms. The first-order valence-electron chi connectivity index (χ1n) is 6.59. The van der Waals surface area contributed by atoms with Crippen LogP contribution < -0.4 is 5.73 Å². The smallest absolute Gasteiger partial charge is 0.253 e. The van der Waals surface area contributed by atoms with Crippen molar-refractivity contribution in [3.63, 3.8) is 0 Å². The Morgan fingerprint density at radius 3 is 2.45 bits per heavy atom. The Hall–Kier alpha value is -1.13. The van der Waals surface area contributed by atoms with E-state index in [0.29, 0.717) is 18.0 Å². The minimum atomic E-state index is -0.379. The SMILES string of the molecule is Cc1cc(F)cc(C(=O)N(C)CCC(N)C(C)C)c1.Cl. The van der Waals surface area contributed by atoms with Gasteiger partial charge in [0.25, 0.3) is 5.91 Å². The van der Waals surface area contributed by atoms with Crippen molar-refractivity contribution in [2.24, 2.45) is 11.7 Å². The Labute approximate surface area is 126 Å². The molecule has 0 aliphatic carbocycles. The highest BCUT2D eigenvalue weighted by Crippen LogP contribution is 2.11. The Bertz CT molecular complexity index is 431. The lowest BCUT2D eigenvalue weighted by Gasteiger charge is -2.21. The van der Waals surface area contributed by atoms with Gasteiger partial charge in [0.1, 0.15) is 5.82 Å². The van der Waals surface area contributed by atoms with Gasteiger partial charge in [0.05, 0.1) is 0 Å². The molecular formula is C15H24ClFN2O. The zero-order chi connectivity index (χ0) is 14.6. The first-order valence-corrected chi connectivity index (χ1v) is 6.59. The lowest BCUT2D eigenvalue weighted by Crippen LogP contribution is -2.34. The van der Waals surface area contributed by atoms with Crippen molar-refractivity contribution in [2.45, 2.75) is 33.2 Å². The van der Waals surface area contributed by atoms with E-state index in [1.54, 1.807) is 24.9 Å². The van der Waals surface area contributed by atoms with Gasteiger partial charge in [-0.15, -0.1) is 12.4 Å². The Morgan fingerprint density at radius 2 is 1.95 bits per heavy atom. The summed E-state index contributed by atoms with van der Waals surface area (Å²) in [4.78, 5) is 13.7. The van der Waals surface area contributed by atoms with E-state index in [0.717, 1.165) is 12.0 Å². The maximum absolute atomic E-state index is 13.3. The quantitative estimate of drug-likeness (QED) is 0.909. The van der Waals surface area contributed by atoms with Crippen molar-refractivity contribution in [2.75, 3.05) is 13.6 Å². The fourth-order valence-electron chi connectivity index (χ4n) is 1.86. The summed E-state index contributed by atoms with van der Waals surface area (Å²) in [5.74, 6) is -0.158. The monoisotopic (exact) mass is 302 g/mol. The third-order valence-electron chi connectivity index (χ3n) is 3.29. The molecule has 0 aliphatic rings. The lowest BCUT2D eigenvalue weighted by atomic mass is 10.0. The summed E-state index contributed by atoms with van der Waals surface area (Å²) in [6.45, 7) is 6.47. The van der Waals surface area contributed by atoms with Crippen LogP contribution in [0.1, 0.15) is 36.2 Å². The molecule has 1 atom stereocenters. The van der Waals surface area contributed by atoms with Crippen LogP contribution in [0.25, 0.3) is 0 Å². The Balaban J connectivity index is 0.00000361. The molecule has 20 heavy (non-hydrogen) atoms. The number of nitrogens with zero attached hydrogens (tertiary/aromatic N) is 1. The molecule has 0 saturated carbocycles. The van der Waals surface area contributed by atoms with Crippen LogP contribution in [-0.2, 0) is 0 Å². The standard InChI is InChI=1S/C15H23FN2O.ClH/c1-10(2)14(17)5-6-18(4)15(19)12-7-11(3)8-13(16)9-12;/h7-10,14H,5-6,17H2,1-4H3;1H. The molecule has 0 aromatic heterocycles. The zero-order valence-corrected chi connectivity index (χ0v) is 13.3. The van der Waals surface area contributed by atoms with E-state index in [-0.39, 0.29) is 30.2 Å². The average molecular weight is 303 g/mol. The van der Waals surface area contributed by atoms with Crippen LogP contribution in [-0.4, -0.2) is 30.4 Å². The van der Waals surface area contributed by atoms with Gasteiger partial charge in [0, 0.05) is 25.2 Å². The van der Waals surface area contributed by atoms with E-state index < -0.39 is 0 Å². The van der Waals surface area contributed by atoms with Crippen LogP contribution >= 0.6 is 12.4 Å². The summed E-state index contributed by atoms with van der Waals surface area (Å²) in [5, 5.41) is 0. The summed E-state index contributed by atoms with van der Waals surface area (Å²) in [6.07, 6.45) is 0.744. The largest absolute Gasteiger partial charge is 0.342 e. The van der Waals surface area contributed by atoms with Crippen molar-refractivity contribution < 1.29 is 9.18 Å². The Morgan fingerprint density at radius 1 is 1.35 bits per heavy atom. The van der Waals surface area contributed by atoms with E-state index in [2.05, 4.69) is 13.8 Å². The number of hydrogen-bond acceptors (Lipinski definition) is 2. The van der Waals surface area contributed by atoms with Crippen molar-refractivity contribution in [1.29, 1.82) is 0 Å².